The highest BCUT2D eigenvalue weighted by atomic mass is 16.2. The Balaban J connectivity index is 2.58. The Bertz CT molecular complexity index is 355. The maximum absolute atomic E-state index is 11.0. The Morgan fingerprint density at radius 2 is 2.20 bits per heavy atom. The molecule has 0 bridgehead atoms. The first-order valence-electron chi connectivity index (χ1n) is 4.65. The quantitative estimate of drug-likeness (QED) is 0.607. The van der Waals surface area contributed by atoms with Crippen LogP contribution in [0.5, 0.6) is 0 Å². The van der Waals surface area contributed by atoms with Crippen LogP contribution in [0.4, 0.5) is 0 Å². The topological polar surface area (TPSA) is 88.0 Å². The van der Waals surface area contributed by atoms with Gasteiger partial charge in [0.15, 0.2) is 0 Å². The van der Waals surface area contributed by atoms with Crippen molar-refractivity contribution in [3.05, 3.63) is 24.0 Å². The highest BCUT2D eigenvalue weighted by Gasteiger charge is 2.23. The lowest BCUT2D eigenvalue weighted by molar-refractivity contribution is -0.137. The highest BCUT2D eigenvalue weighted by Crippen LogP contribution is 2.19. The zero-order chi connectivity index (χ0) is 11.5. The van der Waals surface area contributed by atoms with Gasteiger partial charge in [-0.05, 0) is 12.1 Å². The van der Waals surface area contributed by atoms with E-state index in [4.69, 9.17) is 5.73 Å². The predicted octanol–water partition coefficient (Wildman–Crippen LogP) is -0.106. The summed E-state index contributed by atoms with van der Waals surface area (Å²) in [6.45, 7) is 4.27. The Morgan fingerprint density at radius 3 is 2.67 bits per heavy atom. The molecule has 1 rings (SSSR count). The van der Waals surface area contributed by atoms with Gasteiger partial charge in [0, 0.05) is 23.9 Å². The summed E-state index contributed by atoms with van der Waals surface area (Å²) in [6.07, 6.45) is 1.81. The number of nitrogens with one attached hydrogen (secondary N) is 2. The Kier molecular flexibility index (Phi) is 3.14. The molecule has 15 heavy (non-hydrogen) atoms. The number of aromatic nitrogens is 1. The molecule has 0 aromatic carbocycles. The van der Waals surface area contributed by atoms with Crippen molar-refractivity contribution in [3.63, 3.8) is 0 Å². The lowest BCUT2D eigenvalue weighted by Crippen LogP contribution is -2.42. The van der Waals surface area contributed by atoms with Gasteiger partial charge >= 0.3 is 11.8 Å². The summed E-state index contributed by atoms with van der Waals surface area (Å²) in [5.74, 6) is -1.72. The van der Waals surface area contributed by atoms with Crippen LogP contribution in [0.15, 0.2) is 18.3 Å². The molecule has 2 amide bonds. The van der Waals surface area contributed by atoms with E-state index in [0.29, 0.717) is 6.54 Å². The number of aromatic amines is 1. The standard InChI is InChI=1S/C10H15N3O2/c1-10(2,7-4-3-5-12-7)6-13-9(15)8(11)14/h3-5,12H,6H2,1-2H3,(H2,11,14)(H,13,15). The van der Waals surface area contributed by atoms with Gasteiger partial charge in [0.25, 0.3) is 0 Å². The van der Waals surface area contributed by atoms with Gasteiger partial charge in [-0.1, -0.05) is 13.8 Å². The molecular formula is C10H15N3O2. The van der Waals surface area contributed by atoms with E-state index in [1.807, 2.05) is 32.2 Å². The largest absolute Gasteiger partial charge is 0.364 e. The van der Waals surface area contributed by atoms with Gasteiger partial charge in [0.2, 0.25) is 0 Å². The second kappa shape index (κ2) is 4.16. The smallest absolute Gasteiger partial charge is 0.309 e. The van der Waals surface area contributed by atoms with E-state index < -0.39 is 11.8 Å². The summed E-state index contributed by atoms with van der Waals surface area (Å²) >= 11 is 0. The molecule has 0 saturated carbocycles. The number of H-pyrrole nitrogens is 1. The molecule has 0 radical (unpaired) electrons. The van der Waals surface area contributed by atoms with Gasteiger partial charge in [0.1, 0.15) is 0 Å². The third-order valence-electron chi connectivity index (χ3n) is 2.24. The van der Waals surface area contributed by atoms with Crippen molar-refractivity contribution in [1.29, 1.82) is 0 Å². The van der Waals surface area contributed by atoms with Gasteiger partial charge in [-0.2, -0.15) is 0 Å². The van der Waals surface area contributed by atoms with Gasteiger partial charge in [-0.15, -0.1) is 0 Å². The number of hydrogen-bond acceptors (Lipinski definition) is 2. The van der Waals surface area contributed by atoms with Crippen LogP contribution in [-0.2, 0) is 15.0 Å². The minimum absolute atomic E-state index is 0.255. The predicted molar refractivity (Wildman–Crippen MR) is 56.0 cm³/mol. The third-order valence-corrected chi connectivity index (χ3v) is 2.24. The minimum Gasteiger partial charge on any atom is -0.364 e. The summed E-state index contributed by atoms with van der Waals surface area (Å²) in [7, 11) is 0. The normalized spacial score (nSPS) is 11.1. The monoisotopic (exact) mass is 209 g/mol. The van der Waals surface area contributed by atoms with Crippen LogP contribution in [0, 0.1) is 0 Å². The number of rotatable bonds is 3. The average Bonchev–Trinajstić information content (AvgIpc) is 2.67. The van der Waals surface area contributed by atoms with E-state index in [-0.39, 0.29) is 5.41 Å². The SMILES string of the molecule is CC(C)(CNC(=O)C(N)=O)c1ccc[nH]1. The van der Waals surface area contributed by atoms with Crippen LogP contribution < -0.4 is 11.1 Å². The molecule has 0 saturated heterocycles. The molecule has 5 nitrogen and oxygen atoms in total. The molecule has 1 heterocycles. The number of nitrogens with two attached hydrogens (primary N) is 1. The second-order valence-corrected chi connectivity index (χ2v) is 4.01. The van der Waals surface area contributed by atoms with Crippen molar-refractivity contribution < 1.29 is 9.59 Å². The fraction of sp³-hybridized carbons (Fsp3) is 0.400. The van der Waals surface area contributed by atoms with Crippen LogP contribution in [0.2, 0.25) is 0 Å². The Labute approximate surface area is 88.0 Å². The molecule has 1 aromatic rings. The average molecular weight is 209 g/mol. The van der Waals surface area contributed by atoms with Crippen LogP contribution in [-0.4, -0.2) is 23.3 Å². The molecule has 0 unspecified atom stereocenters. The summed E-state index contributed by atoms with van der Waals surface area (Å²) in [4.78, 5) is 24.5. The van der Waals surface area contributed by atoms with Crippen molar-refractivity contribution in [2.45, 2.75) is 19.3 Å². The summed E-state index contributed by atoms with van der Waals surface area (Å²) in [5.41, 5.74) is 5.56. The molecule has 1 aromatic heterocycles. The maximum Gasteiger partial charge on any atom is 0.309 e. The molecule has 0 atom stereocenters. The first-order chi connectivity index (χ1) is 6.93. The minimum atomic E-state index is -0.961. The van der Waals surface area contributed by atoms with Crippen molar-refractivity contribution in [2.24, 2.45) is 5.73 Å². The van der Waals surface area contributed by atoms with Crippen LogP contribution in [0.1, 0.15) is 19.5 Å². The molecule has 4 N–H and O–H groups in total. The van der Waals surface area contributed by atoms with Crippen molar-refractivity contribution >= 4 is 11.8 Å². The van der Waals surface area contributed by atoms with Gasteiger partial charge in [-0.25, -0.2) is 0 Å². The first kappa shape index (κ1) is 11.3. The van der Waals surface area contributed by atoms with E-state index in [1.54, 1.807) is 0 Å². The Morgan fingerprint density at radius 1 is 1.53 bits per heavy atom. The number of amides is 2. The number of carbonyl (C=O) groups is 2. The first-order valence-corrected chi connectivity index (χ1v) is 4.65. The number of hydrogen-bond donors (Lipinski definition) is 3. The lowest BCUT2D eigenvalue weighted by atomic mass is 9.89. The molecule has 0 fully saturated rings. The second-order valence-electron chi connectivity index (χ2n) is 4.01. The number of carbonyl (C=O) groups excluding carboxylic acids is 2. The molecule has 82 valence electrons. The van der Waals surface area contributed by atoms with Gasteiger partial charge in [0.05, 0.1) is 0 Å². The van der Waals surface area contributed by atoms with Crippen molar-refractivity contribution in [3.8, 4) is 0 Å². The van der Waals surface area contributed by atoms with Crippen LogP contribution >= 0.6 is 0 Å². The van der Waals surface area contributed by atoms with E-state index >= 15 is 0 Å². The van der Waals surface area contributed by atoms with E-state index in [1.165, 1.54) is 0 Å². The maximum atomic E-state index is 11.0. The van der Waals surface area contributed by atoms with Crippen molar-refractivity contribution in [2.75, 3.05) is 6.54 Å². The molecular weight excluding hydrogens is 194 g/mol. The summed E-state index contributed by atoms with van der Waals surface area (Å²) in [5, 5.41) is 2.48. The molecule has 5 heteroatoms. The van der Waals surface area contributed by atoms with E-state index in [0.717, 1.165) is 5.69 Å². The molecule has 0 aliphatic carbocycles. The van der Waals surface area contributed by atoms with Gasteiger partial charge in [-0.3, -0.25) is 9.59 Å². The molecule has 0 spiro atoms. The number of primary amides is 1. The lowest BCUT2D eigenvalue weighted by Gasteiger charge is -2.23. The van der Waals surface area contributed by atoms with E-state index in [2.05, 4.69) is 10.3 Å². The molecule has 0 aliphatic heterocycles. The zero-order valence-corrected chi connectivity index (χ0v) is 8.83. The summed E-state index contributed by atoms with van der Waals surface area (Å²) < 4.78 is 0. The fourth-order valence-corrected chi connectivity index (χ4v) is 1.23. The highest BCUT2D eigenvalue weighted by molar-refractivity contribution is 6.34. The van der Waals surface area contributed by atoms with Crippen LogP contribution in [0.3, 0.4) is 0 Å². The fourth-order valence-electron chi connectivity index (χ4n) is 1.23. The Hall–Kier alpha value is -1.78. The third kappa shape index (κ3) is 2.83. The van der Waals surface area contributed by atoms with Gasteiger partial charge < -0.3 is 16.0 Å². The molecule has 0 aliphatic rings. The zero-order valence-electron chi connectivity index (χ0n) is 8.83. The summed E-state index contributed by atoms with van der Waals surface area (Å²) in [6, 6.07) is 3.81. The van der Waals surface area contributed by atoms with Crippen LogP contribution in [0.25, 0.3) is 0 Å². The van der Waals surface area contributed by atoms with E-state index in [9.17, 15) is 9.59 Å². The van der Waals surface area contributed by atoms with Crippen molar-refractivity contribution in [1.82, 2.24) is 10.3 Å².